The molecule has 4 heteroatoms. The van der Waals surface area contributed by atoms with Crippen LogP contribution in [0.3, 0.4) is 0 Å². The van der Waals surface area contributed by atoms with E-state index in [2.05, 4.69) is 0 Å². The van der Waals surface area contributed by atoms with Crippen molar-refractivity contribution in [3.63, 3.8) is 0 Å². The smallest absolute Gasteiger partial charge is 0.306 e. The Morgan fingerprint density at radius 1 is 1.38 bits per heavy atom. The molecule has 0 saturated heterocycles. The van der Waals surface area contributed by atoms with Crippen molar-refractivity contribution in [1.29, 1.82) is 0 Å². The minimum atomic E-state index is -0.488. The second-order valence-electron chi connectivity index (χ2n) is 3.28. The average molecular weight is 241 g/mol. The second kappa shape index (κ2) is 6.28. The largest absolute Gasteiger partial charge is 0.466 e. The van der Waals surface area contributed by atoms with E-state index in [1.54, 1.807) is 25.1 Å². The Morgan fingerprint density at radius 3 is 2.75 bits per heavy atom. The number of hydrogen-bond acceptors (Lipinski definition) is 3. The zero-order valence-corrected chi connectivity index (χ0v) is 9.79. The summed E-state index contributed by atoms with van der Waals surface area (Å²) in [4.78, 5) is 22.0. The minimum absolute atomic E-state index is 0.231. The van der Waals surface area contributed by atoms with Crippen LogP contribution in [0.1, 0.15) is 29.3 Å². The first-order valence-electron chi connectivity index (χ1n) is 5.08. The highest BCUT2D eigenvalue weighted by atomic mass is 35.5. The van der Waals surface area contributed by atoms with Crippen LogP contribution in [-0.2, 0) is 16.0 Å². The number of benzene rings is 1. The summed E-state index contributed by atoms with van der Waals surface area (Å²) in [5.74, 6) is -0.231. The van der Waals surface area contributed by atoms with E-state index in [1.807, 2.05) is 6.07 Å². The lowest BCUT2D eigenvalue weighted by Gasteiger charge is -2.03. The van der Waals surface area contributed by atoms with E-state index in [9.17, 15) is 9.59 Å². The van der Waals surface area contributed by atoms with Crippen molar-refractivity contribution in [3.8, 4) is 0 Å². The van der Waals surface area contributed by atoms with Gasteiger partial charge in [-0.3, -0.25) is 9.59 Å². The van der Waals surface area contributed by atoms with Gasteiger partial charge in [0.2, 0.25) is 0 Å². The molecule has 1 aromatic rings. The summed E-state index contributed by atoms with van der Waals surface area (Å²) in [6.45, 7) is 2.16. The van der Waals surface area contributed by atoms with Crippen molar-refractivity contribution in [2.75, 3.05) is 6.61 Å². The van der Waals surface area contributed by atoms with Gasteiger partial charge in [0, 0.05) is 12.0 Å². The highest BCUT2D eigenvalue weighted by molar-refractivity contribution is 6.67. The molecule has 0 N–H and O–H groups in total. The molecule has 1 rings (SSSR count). The number of halogens is 1. The summed E-state index contributed by atoms with van der Waals surface area (Å²) < 4.78 is 4.81. The SMILES string of the molecule is CCOC(=O)CCc1cccc(C(=O)Cl)c1. The summed E-state index contributed by atoms with van der Waals surface area (Å²) in [6.07, 6.45) is 0.866. The van der Waals surface area contributed by atoms with Gasteiger partial charge < -0.3 is 4.74 Å². The molecule has 0 fully saturated rings. The minimum Gasteiger partial charge on any atom is -0.466 e. The van der Waals surface area contributed by atoms with E-state index in [-0.39, 0.29) is 5.97 Å². The lowest BCUT2D eigenvalue weighted by atomic mass is 10.1. The van der Waals surface area contributed by atoms with Crippen LogP contribution in [0.5, 0.6) is 0 Å². The fraction of sp³-hybridized carbons (Fsp3) is 0.333. The maximum atomic E-state index is 11.1. The Morgan fingerprint density at radius 2 is 2.12 bits per heavy atom. The lowest BCUT2D eigenvalue weighted by molar-refractivity contribution is -0.143. The molecule has 16 heavy (non-hydrogen) atoms. The molecule has 0 aliphatic carbocycles. The van der Waals surface area contributed by atoms with Gasteiger partial charge >= 0.3 is 5.97 Å². The van der Waals surface area contributed by atoms with E-state index in [4.69, 9.17) is 16.3 Å². The molecule has 0 bridgehead atoms. The average Bonchev–Trinajstić information content (AvgIpc) is 2.27. The van der Waals surface area contributed by atoms with Gasteiger partial charge in [-0.15, -0.1) is 0 Å². The quantitative estimate of drug-likeness (QED) is 0.587. The highest BCUT2D eigenvalue weighted by Crippen LogP contribution is 2.10. The van der Waals surface area contributed by atoms with Crippen molar-refractivity contribution >= 4 is 22.8 Å². The Labute approximate surface area is 99.4 Å². The van der Waals surface area contributed by atoms with Crippen molar-refractivity contribution in [2.24, 2.45) is 0 Å². The molecule has 3 nitrogen and oxygen atoms in total. The summed E-state index contributed by atoms with van der Waals surface area (Å²) in [7, 11) is 0. The molecule has 0 aliphatic rings. The third kappa shape index (κ3) is 4.03. The maximum absolute atomic E-state index is 11.1. The van der Waals surface area contributed by atoms with Gasteiger partial charge in [-0.05, 0) is 36.6 Å². The van der Waals surface area contributed by atoms with Crippen molar-refractivity contribution < 1.29 is 14.3 Å². The number of aryl methyl sites for hydroxylation is 1. The molecule has 0 unspecified atom stereocenters. The molecule has 86 valence electrons. The molecule has 0 radical (unpaired) electrons. The molecule has 1 aromatic carbocycles. The molecular weight excluding hydrogens is 228 g/mol. The Bertz CT molecular complexity index is 388. The van der Waals surface area contributed by atoms with Crippen LogP contribution in [0.4, 0.5) is 0 Å². The standard InChI is InChI=1S/C12H13ClO3/c1-2-16-11(14)7-6-9-4-3-5-10(8-9)12(13)15/h3-5,8H,2,6-7H2,1H3. The van der Waals surface area contributed by atoms with Crippen LogP contribution in [0.2, 0.25) is 0 Å². The van der Waals surface area contributed by atoms with Crippen molar-refractivity contribution in [3.05, 3.63) is 35.4 Å². The predicted molar refractivity (Wildman–Crippen MR) is 61.6 cm³/mol. The van der Waals surface area contributed by atoms with Gasteiger partial charge in [0.1, 0.15) is 0 Å². The summed E-state index contributed by atoms with van der Waals surface area (Å²) in [5.41, 5.74) is 1.35. The highest BCUT2D eigenvalue weighted by Gasteiger charge is 2.05. The van der Waals surface area contributed by atoms with Gasteiger partial charge in [0.25, 0.3) is 5.24 Å². The van der Waals surface area contributed by atoms with E-state index >= 15 is 0 Å². The predicted octanol–water partition coefficient (Wildman–Crippen LogP) is 2.56. The van der Waals surface area contributed by atoms with Crippen LogP contribution in [0.25, 0.3) is 0 Å². The molecular formula is C12H13ClO3. The molecule has 0 amide bonds. The lowest BCUT2D eigenvalue weighted by Crippen LogP contribution is -2.05. The number of ether oxygens (including phenoxy) is 1. The monoisotopic (exact) mass is 240 g/mol. The van der Waals surface area contributed by atoms with Crippen LogP contribution >= 0.6 is 11.6 Å². The van der Waals surface area contributed by atoms with E-state index in [0.29, 0.717) is 25.0 Å². The topological polar surface area (TPSA) is 43.4 Å². The fourth-order valence-corrected chi connectivity index (χ4v) is 1.45. The first-order valence-corrected chi connectivity index (χ1v) is 5.45. The van der Waals surface area contributed by atoms with E-state index in [0.717, 1.165) is 5.56 Å². The summed E-state index contributed by atoms with van der Waals surface area (Å²) >= 11 is 5.36. The maximum Gasteiger partial charge on any atom is 0.306 e. The van der Waals surface area contributed by atoms with E-state index < -0.39 is 5.24 Å². The van der Waals surface area contributed by atoms with Crippen LogP contribution in [-0.4, -0.2) is 17.8 Å². The summed E-state index contributed by atoms with van der Waals surface area (Å²) in [6, 6.07) is 6.93. The molecule has 0 saturated carbocycles. The Kier molecular flexibility index (Phi) is 4.99. The van der Waals surface area contributed by atoms with Crippen molar-refractivity contribution in [2.45, 2.75) is 19.8 Å². The van der Waals surface area contributed by atoms with Crippen LogP contribution in [0.15, 0.2) is 24.3 Å². The number of carbonyl (C=O) groups is 2. The molecule has 0 spiro atoms. The zero-order valence-electron chi connectivity index (χ0n) is 9.03. The Balaban J connectivity index is 2.57. The first-order chi connectivity index (χ1) is 7.63. The second-order valence-corrected chi connectivity index (χ2v) is 3.62. The third-order valence-electron chi connectivity index (χ3n) is 2.08. The van der Waals surface area contributed by atoms with E-state index in [1.165, 1.54) is 0 Å². The van der Waals surface area contributed by atoms with Gasteiger partial charge in [-0.25, -0.2) is 0 Å². The Hall–Kier alpha value is -1.35. The molecule has 0 aromatic heterocycles. The van der Waals surface area contributed by atoms with Gasteiger partial charge in [0.05, 0.1) is 6.61 Å². The number of carbonyl (C=O) groups excluding carboxylic acids is 2. The zero-order chi connectivity index (χ0) is 12.0. The molecule has 0 heterocycles. The van der Waals surface area contributed by atoms with Crippen LogP contribution < -0.4 is 0 Å². The molecule has 0 aliphatic heterocycles. The van der Waals surface area contributed by atoms with Gasteiger partial charge in [0.15, 0.2) is 0 Å². The first kappa shape index (κ1) is 12.7. The van der Waals surface area contributed by atoms with Gasteiger partial charge in [-0.2, -0.15) is 0 Å². The summed E-state index contributed by atoms with van der Waals surface area (Å²) in [5, 5.41) is -0.488. The third-order valence-corrected chi connectivity index (χ3v) is 2.30. The van der Waals surface area contributed by atoms with Gasteiger partial charge in [-0.1, -0.05) is 18.2 Å². The normalized spacial score (nSPS) is 9.88. The number of hydrogen-bond donors (Lipinski definition) is 0. The number of rotatable bonds is 5. The fourth-order valence-electron chi connectivity index (χ4n) is 1.33. The molecule has 0 atom stereocenters. The van der Waals surface area contributed by atoms with Crippen LogP contribution in [0, 0.1) is 0 Å². The number of esters is 1. The van der Waals surface area contributed by atoms with Crippen molar-refractivity contribution in [1.82, 2.24) is 0 Å².